The Bertz CT molecular complexity index is 790. The van der Waals surface area contributed by atoms with Gasteiger partial charge in [0.15, 0.2) is 0 Å². The van der Waals surface area contributed by atoms with Crippen molar-refractivity contribution in [3.05, 3.63) is 77.2 Å². The van der Waals surface area contributed by atoms with E-state index in [1.165, 1.54) is 10.6 Å². The molecule has 5 nitrogen and oxygen atoms in total. The number of hydrogen-bond acceptors (Lipinski definition) is 3. The molecule has 1 fully saturated rings. The van der Waals surface area contributed by atoms with Crippen LogP contribution in [0.5, 0.6) is 0 Å². The van der Waals surface area contributed by atoms with Gasteiger partial charge in [0.2, 0.25) is 0 Å². The molecule has 1 amide bonds. The molecule has 0 aliphatic carbocycles. The van der Waals surface area contributed by atoms with Gasteiger partial charge in [0.05, 0.1) is 5.56 Å². The van der Waals surface area contributed by atoms with E-state index in [9.17, 15) is 9.59 Å². The molecule has 0 radical (unpaired) electrons. The summed E-state index contributed by atoms with van der Waals surface area (Å²) in [6, 6.07) is 12.5. The van der Waals surface area contributed by atoms with E-state index in [0.717, 1.165) is 38.2 Å². The van der Waals surface area contributed by atoms with Crippen LogP contribution in [-0.2, 0) is 0 Å². The van der Waals surface area contributed by atoms with Gasteiger partial charge in [-0.05, 0) is 31.0 Å². The van der Waals surface area contributed by atoms with Gasteiger partial charge in [-0.25, -0.2) is 0 Å². The highest BCUT2D eigenvalue weighted by molar-refractivity contribution is 5.94. The zero-order valence-electron chi connectivity index (χ0n) is 14.2. The number of hydrogen-bond donors (Lipinski definition) is 1. The van der Waals surface area contributed by atoms with Gasteiger partial charge in [0.25, 0.3) is 11.5 Å². The lowest BCUT2D eigenvalue weighted by Crippen LogP contribution is -2.44. The number of aromatic nitrogens is 1. The predicted molar refractivity (Wildman–Crippen MR) is 99.2 cm³/mol. The van der Waals surface area contributed by atoms with E-state index in [4.69, 9.17) is 0 Å². The van der Waals surface area contributed by atoms with E-state index in [0.29, 0.717) is 5.56 Å². The van der Waals surface area contributed by atoms with Gasteiger partial charge in [0, 0.05) is 43.6 Å². The lowest BCUT2D eigenvalue weighted by molar-refractivity contribution is 0.0913. The largest absolute Gasteiger partial charge is 0.349 e. The smallest absolute Gasteiger partial charge is 0.255 e. The Morgan fingerprint density at radius 3 is 2.56 bits per heavy atom. The summed E-state index contributed by atoms with van der Waals surface area (Å²) in [6.07, 6.45) is 5.38. The second kappa shape index (κ2) is 7.94. The molecule has 2 aromatic rings. The van der Waals surface area contributed by atoms with Crippen molar-refractivity contribution in [2.45, 2.75) is 18.9 Å². The molecule has 0 saturated carbocycles. The third-order valence-corrected chi connectivity index (χ3v) is 4.52. The molecule has 1 aliphatic rings. The minimum absolute atomic E-state index is 0.133. The average molecular weight is 337 g/mol. The maximum atomic E-state index is 12.6. The van der Waals surface area contributed by atoms with Crippen LogP contribution in [0.4, 0.5) is 0 Å². The number of likely N-dealkylation sites (tertiary alicyclic amines) is 1. The summed E-state index contributed by atoms with van der Waals surface area (Å²) in [7, 11) is 0. The number of pyridine rings is 1. The molecule has 0 unspecified atom stereocenters. The fraction of sp³-hybridized carbons (Fsp3) is 0.300. The van der Waals surface area contributed by atoms with Crippen molar-refractivity contribution in [1.29, 1.82) is 0 Å². The predicted octanol–water partition coefficient (Wildman–Crippen LogP) is 2.22. The number of rotatable bonds is 5. The number of carbonyl (C=O) groups excluding carboxylic acids is 1. The number of para-hydroxylation sites is 1. The molecule has 0 spiro atoms. The van der Waals surface area contributed by atoms with E-state index >= 15 is 0 Å². The van der Waals surface area contributed by atoms with Crippen molar-refractivity contribution in [2.24, 2.45) is 0 Å². The van der Waals surface area contributed by atoms with Gasteiger partial charge in [0.1, 0.15) is 0 Å². The summed E-state index contributed by atoms with van der Waals surface area (Å²) in [5.74, 6) is -0.133. The summed E-state index contributed by atoms with van der Waals surface area (Å²) < 4.78 is 1.50. The first-order chi connectivity index (χ1) is 12.2. The molecule has 0 atom stereocenters. The fourth-order valence-electron chi connectivity index (χ4n) is 3.12. The van der Waals surface area contributed by atoms with Gasteiger partial charge in [-0.2, -0.15) is 0 Å². The number of piperidine rings is 1. The van der Waals surface area contributed by atoms with Crippen molar-refractivity contribution in [3.8, 4) is 5.69 Å². The molecular formula is C20H23N3O2. The minimum Gasteiger partial charge on any atom is -0.349 e. The lowest BCUT2D eigenvalue weighted by Gasteiger charge is -2.31. The number of nitrogens with zero attached hydrogens (tertiary/aromatic N) is 2. The van der Waals surface area contributed by atoms with Crippen molar-refractivity contribution < 1.29 is 4.79 Å². The van der Waals surface area contributed by atoms with Crippen LogP contribution in [0.3, 0.4) is 0 Å². The van der Waals surface area contributed by atoms with Crippen LogP contribution < -0.4 is 10.9 Å². The zero-order chi connectivity index (χ0) is 17.6. The number of nitrogens with one attached hydrogen (secondary N) is 1. The van der Waals surface area contributed by atoms with E-state index in [-0.39, 0.29) is 17.5 Å². The van der Waals surface area contributed by atoms with E-state index in [2.05, 4.69) is 16.8 Å². The van der Waals surface area contributed by atoms with Crippen LogP contribution in [0, 0.1) is 0 Å². The Hall–Kier alpha value is -2.66. The topological polar surface area (TPSA) is 54.3 Å². The van der Waals surface area contributed by atoms with Gasteiger partial charge < -0.3 is 5.32 Å². The standard InChI is InChI=1S/C20H23N3O2/c1-2-12-22-13-10-17(11-14-22)21-20(25)16-8-9-19(24)23(15-16)18-6-4-3-5-7-18/h2-9,15,17H,1,10-14H2,(H,21,25). The minimum atomic E-state index is -0.152. The highest BCUT2D eigenvalue weighted by Crippen LogP contribution is 2.11. The van der Waals surface area contributed by atoms with Crippen LogP contribution in [-0.4, -0.2) is 41.1 Å². The van der Waals surface area contributed by atoms with Crippen molar-refractivity contribution in [2.75, 3.05) is 19.6 Å². The first-order valence-corrected chi connectivity index (χ1v) is 8.59. The fourth-order valence-corrected chi connectivity index (χ4v) is 3.12. The summed E-state index contributed by atoms with van der Waals surface area (Å²) in [4.78, 5) is 27.0. The highest BCUT2D eigenvalue weighted by Gasteiger charge is 2.20. The van der Waals surface area contributed by atoms with Crippen LogP contribution in [0.15, 0.2) is 66.1 Å². The molecule has 3 rings (SSSR count). The first kappa shape index (κ1) is 17.2. The van der Waals surface area contributed by atoms with Crippen LogP contribution in [0.2, 0.25) is 0 Å². The number of amides is 1. The average Bonchev–Trinajstić information content (AvgIpc) is 2.64. The Labute approximate surface area is 147 Å². The van der Waals surface area contributed by atoms with Gasteiger partial charge in [-0.1, -0.05) is 24.3 Å². The third-order valence-electron chi connectivity index (χ3n) is 4.52. The molecule has 5 heteroatoms. The van der Waals surface area contributed by atoms with Gasteiger partial charge in [-0.3, -0.25) is 19.1 Å². The summed E-state index contributed by atoms with van der Waals surface area (Å²) in [5.41, 5.74) is 1.09. The van der Waals surface area contributed by atoms with Crippen LogP contribution >= 0.6 is 0 Å². The maximum Gasteiger partial charge on any atom is 0.255 e. The van der Waals surface area contributed by atoms with Gasteiger partial charge in [-0.15, -0.1) is 6.58 Å². The van der Waals surface area contributed by atoms with E-state index < -0.39 is 0 Å². The normalized spacial score (nSPS) is 15.7. The van der Waals surface area contributed by atoms with Crippen molar-refractivity contribution >= 4 is 5.91 Å². The molecule has 1 saturated heterocycles. The monoisotopic (exact) mass is 337 g/mol. The first-order valence-electron chi connectivity index (χ1n) is 8.59. The quantitative estimate of drug-likeness (QED) is 0.851. The molecular weight excluding hydrogens is 314 g/mol. The third kappa shape index (κ3) is 4.25. The molecule has 25 heavy (non-hydrogen) atoms. The Morgan fingerprint density at radius 2 is 1.88 bits per heavy atom. The van der Waals surface area contributed by atoms with E-state index in [1.807, 2.05) is 36.4 Å². The van der Waals surface area contributed by atoms with Crippen molar-refractivity contribution in [3.63, 3.8) is 0 Å². The Balaban J connectivity index is 1.69. The lowest BCUT2D eigenvalue weighted by atomic mass is 10.0. The number of benzene rings is 1. The summed E-state index contributed by atoms with van der Waals surface area (Å²) in [5, 5.41) is 3.09. The molecule has 1 aromatic heterocycles. The second-order valence-electron chi connectivity index (χ2n) is 6.30. The maximum absolute atomic E-state index is 12.6. The zero-order valence-corrected chi connectivity index (χ0v) is 14.2. The second-order valence-corrected chi connectivity index (χ2v) is 6.30. The molecule has 130 valence electrons. The molecule has 0 bridgehead atoms. The van der Waals surface area contributed by atoms with E-state index in [1.54, 1.807) is 12.3 Å². The van der Waals surface area contributed by atoms with Crippen LogP contribution in [0.25, 0.3) is 5.69 Å². The molecule has 2 heterocycles. The van der Waals surface area contributed by atoms with Crippen molar-refractivity contribution in [1.82, 2.24) is 14.8 Å². The Kier molecular flexibility index (Phi) is 5.46. The Morgan fingerprint density at radius 1 is 1.16 bits per heavy atom. The summed E-state index contributed by atoms with van der Waals surface area (Å²) >= 11 is 0. The number of carbonyl (C=O) groups is 1. The summed E-state index contributed by atoms with van der Waals surface area (Å²) in [6.45, 7) is 6.57. The van der Waals surface area contributed by atoms with Gasteiger partial charge >= 0.3 is 0 Å². The van der Waals surface area contributed by atoms with Crippen LogP contribution in [0.1, 0.15) is 23.2 Å². The SMILES string of the molecule is C=CCN1CCC(NC(=O)c2ccc(=O)n(-c3ccccc3)c2)CC1. The highest BCUT2D eigenvalue weighted by atomic mass is 16.2. The molecule has 1 aliphatic heterocycles. The molecule has 1 N–H and O–H groups in total. The molecule has 1 aromatic carbocycles.